The number of amides is 4. The van der Waals surface area contributed by atoms with Crippen LogP contribution in [0.25, 0.3) is 0 Å². The number of urea groups is 1. The number of imide groups is 1. The summed E-state index contributed by atoms with van der Waals surface area (Å²) >= 11 is 0. The molecule has 0 spiro atoms. The van der Waals surface area contributed by atoms with Gasteiger partial charge in [0, 0.05) is 13.0 Å². The second kappa shape index (κ2) is 7.50. The van der Waals surface area contributed by atoms with E-state index in [9.17, 15) is 24.3 Å². The highest BCUT2D eigenvalue weighted by molar-refractivity contribution is 6.19. The van der Waals surface area contributed by atoms with Crippen molar-refractivity contribution in [1.82, 2.24) is 10.2 Å². The van der Waals surface area contributed by atoms with E-state index in [2.05, 4.69) is 5.32 Å². The number of nitrogens with zero attached hydrogens (tertiary/aromatic N) is 2. The molecule has 2 N–H and O–H groups in total. The molecule has 154 valence electrons. The molecule has 2 saturated heterocycles. The van der Waals surface area contributed by atoms with Gasteiger partial charge >= 0.3 is 12.0 Å². The topological polar surface area (TPSA) is 107 Å². The lowest BCUT2D eigenvalue weighted by Crippen LogP contribution is -2.65. The lowest BCUT2D eigenvalue weighted by molar-refractivity contribution is -0.143. The molecule has 1 saturated carbocycles. The van der Waals surface area contributed by atoms with E-state index in [0.717, 1.165) is 17.7 Å². The van der Waals surface area contributed by atoms with Gasteiger partial charge in [-0.1, -0.05) is 31.0 Å². The zero-order valence-electron chi connectivity index (χ0n) is 16.2. The fourth-order valence-electron chi connectivity index (χ4n) is 5.09. The van der Waals surface area contributed by atoms with Crippen LogP contribution in [0.4, 0.5) is 10.5 Å². The van der Waals surface area contributed by atoms with Crippen LogP contribution in [0, 0.1) is 5.41 Å². The van der Waals surface area contributed by atoms with Crippen molar-refractivity contribution in [2.24, 2.45) is 5.41 Å². The highest BCUT2D eigenvalue weighted by Gasteiger charge is 2.51. The first-order valence-electron chi connectivity index (χ1n) is 10.1. The van der Waals surface area contributed by atoms with Gasteiger partial charge in [0.1, 0.15) is 6.04 Å². The lowest BCUT2D eigenvalue weighted by atomic mass is 9.79. The molecule has 2 heterocycles. The molecule has 4 rings (SSSR count). The average molecular weight is 399 g/mol. The average Bonchev–Trinajstić information content (AvgIpc) is 3.29. The molecule has 2 aliphatic heterocycles. The third-order valence-electron chi connectivity index (χ3n) is 6.43. The largest absolute Gasteiger partial charge is 0.481 e. The number of anilines is 1. The zero-order chi connectivity index (χ0) is 20.6. The molecular formula is C21H25N3O5. The highest BCUT2D eigenvalue weighted by atomic mass is 16.4. The van der Waals surface area contributed by atoms with Gasteiger partial charge in [0.05, 0.1) is 18.2 Å². The fourth-order valence-corrected chi connectivity index (χ4v) is 5.09. The maximum atomic E-state index is 13.2. The van der Waals surface area contributed by atoms with E-state index in [1.54, 1.807) is 35.2 Å². The van der Waals surface area contributed by atoms with Crippen LogP contribution in [0.3, 0.4) is 0 Å². The van der Waals surface area contributed by atoms with E-state index in [-0.39, 0.29) is 18.7 Å². The Kier molecular flexibility index (Phi) is 5.02. The number of benzene rings is 1. The van der Waals surface area contributed by atoms with Gasteiger partial charge in [-0.15, -0.1) is 0 Å². The normalized spacial score (nSPS) is 25.7. The first-order chi connectivity index (χ1) is 13.9. The summed E-state index contributed by atoms with van der Waals surface area (Å²) < 4.78 is 0. The smallest absolute Gasteiger partial charge is 0.329 e. The van der Waals surface area contributed by atoms with Crippen LogP contribution >= 0.6 is 0 Å². The molecule has 1 aromatic rings. The number of carbonyl (C=O) groups excluding carboxylic acids is 3. The highest BCUT2D eigenvalue weighted by Crippen LogP contribution is 2.45. The predicted molar refractivity (Wildman–Crippen MR) is 104 cm³/mol. The summed E-state index contributed by atoms with van der Waals surface area (Å²) in [4.78, 5) is 52.9. The van der Waals surface area contributed by atoms with Crippen molar-refractivity contribution in [3.63, 3.8) is 0 Å². The Morgan fingerprint density at radius 3 is 2.45 bits per heavy atom. The quantitative estimate of drug-likeness (QED) is 0.789. The van der Waals surface area contributed by atoms with Gasteiger partial charge in [-0.2, -0.15) is 0 Å². The summed E-state index contributed by atoms with van der Waals surface area (Å²) in [6, 6.07) is 7.02. The molecule has 29 heavy (non-hydrogen) atoms. The van der Waals surface area contributed by atoms with Crippen LogP contribution in [0.5, 0.6) is 0 Å². The molecule has 1 aromatic carbocycles. The number of fused-ring (bicyclic) bond motifs is 1. The molecule has 8 heteroatoms. The van der Waals surface area contributed by atoms with Crippen molar-refractivity contribution < 1.29 is 24.3 Å². The Morgan fingerprint density at radius 1 is 1.10 bits per heavy atom. The number of aliphatic carboxylic acids is 1. The van der Waals surface area contributed by atoms with Gasteiger partial charge in [-0.3, -0.25) is 14.4 Å². The van der Waals surface area contributed by atoms with Gasteiger partial charge < -0.3 is 15.3 Å². The molecule has 0 bridgehead atoms. The molecule has 0 unspecified atom stereocenters. The molecule has 8 nitrogen and oxygen atoms in total. The lowest BCUT2D eigenvalue weighted by Gasteiger charge is -2.38. The minimum atomic E-state index is -0.893. The summed E-state index contributed by atoms with van der Waals surface area (Å²) in [5.41, 5.74) is -0.0629. The molecule has 0 aromatic heterocycles. The minimum absolute atomic E-state index is 0.0263. The summed E-state index contributed by atoms with van der Waals surface area (Å²) in [5, 5.41) is 12.2. The number of para-hydroxylation sites is 1. The second-order valence-corrected chi connectivity index (χ2v) is 8.34. The van der Waals surface area contributed by atoms with E-state index in [1.165, 1.54) is 0 Å². The van der Waals surface area contributed by atoms with E-state index in [1.807, 2.05) is 0 Å². The Labute approximate surface area is 168 Å². The summed E-state index contributed by atoms with van der Waals surface area (Å²) in [6.45, 7) is 0.381. The van der Waals surface area contributed by atoms with Crippen molar-refractivity contribution in [3.05, 3.63) is 30.3 Å². The summed E-state index contributed by atoms with van der Waals surface area (Å²) in [6.07, 6.45) is 3.90. The molecule has 4 amide bonds. The first-order valence-corrected chi connectivity index (χ1v) is 10.1. The Hall–Kier alpha value is -2.90. The molecule has 2 atom stereocenters. The molecule has 0 radical (unpaired) electrons. The van der Waals surface area contributed by atoms with Gasteiger partial charge in [-0.05, 0) is 36.8 Å². The standard InChI is InChI=1S/C21H25N3O5/c25-16(12-21(13-17(26)27)9-4-5-10-21)23-11-8-15-18(23)19(28)24(20(29)22-15)14-6-2-1-3-7-14/h1-3,6-7,15,18H,4-5,8-13H2,(H,22,29)(H,26,27)/t15-,18+/m1/s1. The first kappa shape index (κ1) is 19.4. The van der Waals surface area contributed by atoms with Crippen LogP contribution in [0.15, 0.2) is 30.3 Å². The SMILES string of the molecule is O=C(O)CC1(CC(=O)N2CC[C@H]3NC(=O)N(c4ccccc4)C(=O)[C@H]32)CCCC1. The number of nitrogens with one attached hydrogen (secondary N) is 1. The number of carbonyl (C=O) groups is 4. The van der Waals surface area contributed by atoms with Crippen molar-refractivity contribution >= 4 is 29.5 Å². The minimum Gasteiger partial charge on any atom is -0.481 e. The predicted octanol–water partition coefficient (Wildman–Crippen LogP) is 2.14. The summed E-state index contributed by atoms with van der Waals surface area (Å²) in [5.74, 6) is -1.50. The number of carboxylic acid groups (broad SMARTS) is 1. The number of hydrogen-bond acceptors (Lipinski definition) is 4. The van der Waals surface area contributed by atoms with Crippen LogP contribution < -0.4 is 10.2 Å². The molecule has 3 fully saturated rings. The van der Waals surface area contributed by atoms with Crippen molar-refractivity contribution in [2.45, 2.75) is 57.0 Å². The fraction of sp³-hybridized carbons (Fsp3) is 0.524. The van der Waals surface area contributed by atoms with Gasteiger partial charge in [-0.25, -0.2) is 9.69 Å². The van der Waals surface area contributed by atoms with Gasteiger partial charge in [0.15, 0.2) is 0 Å². The molecular weight excluding hydrogens is 374 g/mol. The van der Waals surface area contributed by atoms with Crippen molar-refractivity contribution in [1.29, 1.82) is 0 Å². The Balaban J connectivity index is 1.55. The Morgan fingerprint density at radius 2 is 1.79 bits per heavy atom. The maximum absolute atomic E-state index is 13.2. The van der Waals surface area contributed by atoms with Crippen LogP contribution in [-0.2, 0) is 14.4 Å². The van der Waals surface area contributed by atoms with Crippen LogP contribution in [0.2, 0.25) is 0 Å². The third kappa shape index (κ3) is 3.59. The zero-order valence-corrected chi connectivity index (χ0v) is 16.2. The second-order valence-electron chi connectivity index (χ2n) is 8.34. The monoisotopic (exact) mass is 399 g/mol. The van der Waals surface area contributed by atoms with Crippen molar-refractivity contribution in [2.75, 3.05) is 11.4 Å². The number of rotatable bonds is 5. The Bertz CT molecular complexity index is 834. The van der Waals surface area contributed by atoms with E-state index < -0.39 is 35.4 Å². The number of hydrogen-bond donors (Lipinski definition) is 2. The van der Waals surface area contributed by atoms with E-state index in [4.69, 9.17) is 0 Å². The van der Waals surface area contributed by atoms with Gasteiger partial charge in [0.2, 0.25) is 5.91 Å². The number of carboxylic acids is 1. The van der Waals surface area contributed by atoms with Gasteiger partial charge in [0.25, 0.3) is 5.91 Å². The summed E-state index contributed by atoms with van der Waals surface area (Å²) in [7, 11) is 0. The van der Waals surface area contributed by atoms with Crippen molar-refractivity contribution in [3.8, 4) is 0 Å². The maximum Gasteiger partial charge on any atom is 0.329 e. The van der Waals surface area contributed by atoms with Crippen LogP contribution in [-0.4, -0.2) is 52.4 Å². The molecule has 1 aliphatic carbocycles. The van der Waals surface area contributed by atoms with Crippen LogP contribution in [0.1, 0.15) is 44.9 Å². The molecule has 3 aliphatic rings. The third-order valence-corrected chi connectivity index (χ3v) is 6.43. The number of likely N-dealkylation sites (tertiary alicyclic amines) is 1. The van der Waals surface area contributed by atoms with E-state index >= 15 is 0 Å². The van der Waals surface area contributed by atoms with E-state index in [0.29, 0.717) is 31.5 Å².